The molecule has 0 radical (unpaired) electrons. The predicted octanol–water partition coefficient (Wildman–Crippen LogP) is 1.84. The summed E-state index contributed by atoms with van der Waals surface area (Å²) in [5.74, 6) is 0. The Morgan fingerprint density at radius 2 is 2.06 bits per heavy atom. The van der Waals surface area contributed by atoms with Crippen LogP contribution >= 0.6 is 0 Å². The number of hydrogen-bond donors (Lipinski definition) is 0. The lowest BCUT2D eigenvalue weighted by atomic mass is 9.73. The van der Waals surface area contributed by atoms with Crippen molar-refractivity contribution in [2.45, 2.75) is 32.8 Å². The maximum Gasteiger partial charge on any atom is 0.0833 e. The third-order valence-corrected chi connectivity index (χ3v) is 3.90. The van der Waals surface area contributed by atoms with Crippen LogP contribution in [0.5, 0.6) is 0 Å². The third-order valence-electron chi connectivity index (χ3n) is 3.90. The van der Waals surface area contributed by atoms with Crippen LogP contribution in [0.25, 0.3) is 11.6 Å². The lowest BCUT2D eigenvalue weighted by Gasteiger charge is -2.40. The molecule has 1 aliphatic carbocycles. The predicted molar refractivity (Wildman–Crippen MR) is 66.3 cm³/mol. The van der Waals surface area contributed by atoms with Crippen molar-refractivity contribution in [3.05, 3.63) is 34.7 Å². The van der Waals surface area contributed by atoms with Crippen molar-refractivity contribution in [1.82, 2.24) is 0 Å². The molecule has 84 valence electrons. The van der Waals surface area contributed by atoms with Gasteiger partial charge in [-0.05, 0) is 34.3 Å². The lowest BCUT2D eigenvalue weighted by molar-refractivity contribution is 0.0414. The number of fused-ring (bicyclic) bond motifs is 2. The van der Waals surface area contributed by atoms with Gasteiger partial charge in [0, 0.05) is 6.61 Å². The zero-order valence-corrected chi connectivity index (χ0v) is 9.99. The van der Waals surface area contributed by atoms with E-state index in [0.29, 0.717) is 6.10 Å². The van der Waals surface area contributed by atoms with E-state index < -0.39 is 0 Å². The molecule has 0 saturated carbocycles. The van der Waals surface area contributed by atoms with Crippen molar-refractivity contribution in [2.75, 3.05) is 6.61 Å². The van der Waals surface area contributed by atoms with Gasteiger partial charge in [-0.15, -0.1) is 0 Å². The highest BCUT2D eigenvalue weighted by atomic mass is 16.5. The minimum absolute atomic E-state index is 0.285. The molecule has 0 N–H and O–H groups in total. The Bertz CT molecular complexity index is 525. The van der Waals surface area contributed by atoms with E-state index in [2.05, 4.69) is 44.2 Å². The molecule has 0 spiro atoms. The van der Waals surface area contributed by atoms with E-state index in [-0.39, 0.29) is 5.41 Å². The van der Waals surface area contributed by atoms with E-state index >= 15 is 0 Å². The van der Waals surface area contributed by atoms with Crippen LogP contribution in [0, 0.1) is 5.41 Å². The fourth-order valence-corrected chi connectivity index (χ4v) is 2.99. The van der Waals surface area contributed by atoms with Gasteiger partial charge in [0.15, 0.2) is 0 Å². The molecule has 1 saturated heterocycles. The second-order valence-electron chi connectivity index (χ2n) is 5.43. The van der Waals surface area contributed by atoms with E-state index in [9.17, 15) is 0 Å². The van der Waals surface area contributed by atoms with Crippen LogP contribution < -0.4 is 10.4 Å². The average Bonchev–Trinajstić information content (AvgIpc) is 2.28. The van der Waals surface area contributed by atoms with Gasteiger partial charge in [0.1, 0.15) is 0 Å². The number of rotatable bonds is 0. The highest BCUT2D eigenvalue weighted by Gasteiger charge is 2.35. The van der Waals surface area contributed by atoms with Gasteiger partial charge in [-0.1, -0.05) is 44.2 Å². The zero-order valence-electron chi connectivity index (χ0n) is 9.99. The molecule has 0 bridgehead atoms. The molecule has 0 aromatic heterocycles. The number of ether oxygens (including phenoxy) is 1. The summed E-state index contributed by atoms with van der Waals surface area (Å²) in [4.78, 5) is 0. The summed E-state index contributed by atoms with van der Waals surface area (Å²) in [6.45, 7) is 5.59. The molecule has 2 aliphatic rings. The first-order valence-corrected chi connectivity index (χ1v) is 6.10. The minimum atomic E-state index is 0.285. The Kier molecular flexibility index (Phi) is 2.18. The van der Waals surface area contributed by atoms with Crippen LogP contribution in [0.1, 0.15) is 26.7 Å². The summed E-state index contributed by atoms with van der Waals surface area (Å²) in [5.41, 5.74) is 1.80. The normalized spacial score (nSPS) is 26.6. The zero-order chi connectivity index (χ0) is 11.2. The summed E-state index contributed by atoms with van der Waals surface area (Å²) in [6.07, 6.45) is 4.80. The Labute approximate surface area is 96.4 Å². The van der Waals surface area contributed by atoms with Crippen LogP contribution in [0.3, 0.4) is 0 Å². The summed E-state index contributed by atoms with van der Waals surface area (Å²) in [6, 6.07) is 8.70. The quantitative estimate of drug-likeness (QED) is 0.640. The molecule has 1 atom stereocenters. The molecule has 1 heterocycles. The molecule has 1 aliphatic heterocycles. The number of hydrogen-bond acceptors (Lipinski definition) is 1. The molecule has 1 nitrogen and oxygen atoms in total. The Morgan fingerprint density at radius 3 is 2.94 bits per heavy atom. The van der Waals surface area contributed by atoms with Crippen LogP contribution in [0.4, 0.5) is 0 Å². The van der Waals surface area contributed by atoms with Crippen molar-refractivity contribution < 1.29 is 4.74 Å². The van der Waals surface area contributed by atoms with E-state index in [1.165, 1.54) is 16.0 Å². The van der Waals surface area contributed by atoms with Crippen molar-refractivity contribution in [1.29, 1.82) is 0 Å². The van der Waals surface area contributed by atoms with Crippen molar-refractivity contribution in [2.24, 2.45) is 5.41 Å². The van der Waals surface area contributed by atoms with Crippen molar-refractivity contribution in [3.63, 3.8) is 0 Å². The second kappa shape index (κ2) is 3.46. The van der Waals surface area contributed by atoms with E-state index in [1.807, 2.05) is 0 Å². The molecule has 1 aromatic carbocycles. The fourth-order valence-electron chi connectivity index (χ4n) is 2.99. The van der Waals surface area contributed by atoms with Crippen molar-refractivity contribution >= 4 is 11.6 Å². The largest absolute Gasteiger partial charge is 0.373 e. The van der Waals surface area contributed by atoms with Gasteiger partial charge in [-0.2, -0.15) is 0 Å². The molecule has 1 aromatic rings. The first-order valence-electron chi connectivity index (χ1n) is 6.10. The second-order valence-corrected chi connectivity index (χ2v) is 5.43. The van der Waals surface area contributed by atoms with Crippen LogP contribution in [0.15, 0.2) is 24.3 Å². The lowest BCUT2D eigenvalue weighted by Crippen LogP contribution is -2.44. The molecule has 1 unspecified atom stereocenters. The van der Waals surface area contributed by atoms with E-state index in [4.69, 9.17) is 4.74 Å². The number of benzene rings is 1. The van der Waals surface area contributed by atoms with Crippen LogP contribution in [-0.2, 0) is 4.74 Å². The maximum atomic E-state index is 5.91. The highest BCUT2D eigenvalue weighted by Crippen LogP contribution is 2.39. The van der Waals surface area contributed by atoms with Crippen LogP contribution in [0.2, 0.25) is 0 Å². The molecular formula is C15H18O. The highest BCUT2D eigenvalue weighted by molar-refractivity contribution is 5.61. The topological polar surface area (TPSA) is 9.23 Å². The monoisotopic (exact) mass is 214 g/mol. The van der Waals surface area contributed by atoms with Gasteiger partial charge in [-0.3, -0.25) is 0 Å². The fraction of sp³-hybridized carbons (Fsp3) is 0.467. The van der Waals surface area contributed by atoms with Gasteiger partial charge < -0.3 is 4.74 Å². The summed E-state index contributed by atoms with van der Waals surface area (Å²) in [7, 11) is 0. The SMILES string of the molecule is CC1(C)CCOC2CC=c3ccccc3=C21. The van der Waals surface area contributed by atoms with Gasteiger partial charge in [-0.25, -0.2) is 0 Å². The van der Waals surface area contributed by atoms with Gasteiger partial charge in [0.2, 0.25) is 0 Å². The summed E-state index contributed by atoms with van der Waals surface area (Å²) >= 11 is 0. The van der Waals surface area contributed by atoms with Crippen LogP contribution in [-0.4, -0.2) is 12.7 Å². The standard InChI is InChI=1S/C15H18O/c1-15(2)9-10-16-13-8-7-11-5-3-4-6-12(11)14(13)15/h3-7,13H,8-10H2,1-2H3. The average molecular weight is 214 g/mol. The Morgan fingerprint density at radius 1 is 1.25 bits per heavy atom. The first-order chi connectivity index (χ1) is 7.68. The third kappa shape index (κ3) is 1.42. The molecule has 1 heteroatoms. The molecule has 3 rings (SSSR count). The molecule has 16 heavy (non-hydrogen) atoms. The van der Waals surface area contributed by atoms with Gasteiger partial charge in [0.05, 0.1) is 6.10 Å². The van der Waals surface area contributed by atoms with E-state index in [0.717, 1.165) is 19.4 Å². The Balaban J connectivity index is 2.34. The van der Waals surface area contributed by atoms with E-state index in [1.54, 1.807) is 0 Å². The summed E-state index contributed by atoms with van der Waals surface area (Å²) < 4.78 is 5.91. The first kappa shape index (κ1) is 10.1. The molecule has 0 amide bonds. The Hall–Kier alpha value is -1.08. The summed E-state index contributed by atoms with van der Waals surface area (Å²) in [5, 5.41) is 2.79. The molecular weight excluding hydrogens is 196 g/mol. The van der Waals surface area contributed by atoms with Gasteiger partial charge in [0.25, 0.3) is 0 Å². The minimum Gasteiger partial charge on any atom is -0.373 e. The van der Waals surface area contributed by atoms with Gasteiger partial charge >= 0.3 is 0 Å². The molecule has 1 fully saturated rings. The smallest absolute Gasteiger partial charge is 0.0833 e. The maximum absolute atomic E-state index is 5.91. The van der Waals surface area contributed by atoms with Crippen molar-refractivity contribution in [3.8, 4) is 0 Å².